The lowest BCUT2D eigenvalue weighted by Crippen LogP contribution is -2.02. The monoisotopic (exact) mass is 259 g/mol. The van der Waals surface area contributed by atoms with Crippen LogP contribution in [0.5, 0.6) is 5.75 Å². The molecule has 0 unspecified atom stereocenters. The third-order valence-corrected chi connectivity index (χ3v) is 2.94. The average molecular weight is 259 g/mol. The Kier molecular flexibility index (Phi) is 4.17. The van der Waals surface area contributed by atoms with Crippen LogP contribution in [0.3, 0.4) is 0 Å². The molecule has 19 heavy (non-hydrogen) atoms. The molecule has 0 radical (unpaired) electrons. The average Bonchev–Trinajstić information content (AvgIpc) is 2.37. The zero-order valence-corrected chi connectivity index (χ0v) is 11.2. The van der Waals surface area contributed by atoms with Crippen molar-refractivity contribution in [3.8, 4) is 5.75 Å². The molecule has 0 saturated heterocycles. The minimum atomic E-state index is -0.262. The zero-order valence-electron chi connectivity index (χ0n) is 11.2. The molecule has 2 aromatic carbocycles. The fraction of sp³-hybridized carbons (Fsp3) is 0.250. The van der Waals surface area contributed by atoms with Crippen LogP contribution in [0.25, 0.3) is 0 Å². The van der Waals surface area contributed by atoms with Crippen molar-refractivity contribution < 1.29 is 9.13 Å². The summed E-state index contributed by atoms with van der Waals surface area (Å²) in [6, 6.07) is 10.8. The smallest absolute Gasteiger partial charge is 0.129 e. The van der Waals surface area contributed by atoms with E-state index in [1.54, 1.807) is 12.1 Å². The van der Waals surface area contributed by atoms with Gasteiger partial charge in [-0.3, -0.25) is 0 Å². The topological polar surface area (TPSA) is 35.2 Å². The SMILES string of the molecule is Cc1cc(C)cc(OCc2cc(CN)ccc2F)c1. The molecule has 100 valence electrons. The Hall–Kier alpha value is -1.87. The largest absolute Gasteiger partial charge is 0.489 e. The normalized spacial score (nSPS) is 10.5. The van der Waals surface area contributed by atoms with Crippen LogP contribution in [-0.4, -0.2) is 0 Å². The van der Waals surface area contributed by atoms with E-state index in [1.807, 2.05) is 26.0 Å². The van der Waals surface area contributed by atoms with Gasteiger partial charge in [0.2, 0.25) is 0 Å². The molecule has 0 bridgehead atoms. The fourth-order valence-electron chi connectivity index (χ4n) is 2.04. The second kappa shape index (κ2) is 5.85. The van der Waals surface area contributed by atoms with Gasteiger partial charge >= 0.3 is 0 Å². The summed E-state index contributed by atoms with van der Waals surface area (Å²) < 4.78 is 19.3. The van der Waals surface area contributed by atoms with Gasteiger partial charge in [-0.25, -0.2) is 4.39 Å². The van der Waals surface area contributed by atoms with E-state index in [0.29, 0.717) is 12.1 Å². The summed E-state index contributed by atoms with van der Waals surface area (Å²) in [5.74, 6) is 0.497. The second-order valence-corrected chi connectivity index (χ2v) is 4.74. The van der Waals surface area contributed by atoms with Crippen LogP contribution in [0.2, 0.25) is 0 Å². The van der Waals surface area contributed by atoms with Gasteiger partial charge in [-0.2, -0.15) is 0 Å². The summed E-state index contributed by atoms with van der Waals surface area (Å²) in [6.45, 7) is 4.63. The van der Waals surface area contributed by atoms with E-state index < -0.39 is 0 Å². The van der Waals surface area contributed by atoms with E-state index in [2.05, 4.69) is 6.07 Å². The first kappa shape index (κ1) is 13.6. The number of ether oxygens (including phenoxy) is 1. The molecule has 2 rings (SSSR count). The number of hydrogen-bond donors (Lipinski definition) is 1. The number of nitrogens with two attached hydrogens (primary N) is 1. The second-order valence-electron chi connectivity index (χ2n) is 4.74. The molecule has 0 heterocycles. The van der Waals surface area contributed by atoms with Gasteiger partial charge in [0.25, 0.3) is 0 Å². The van der Waals surface area contributed by atoms with Crippen LogP contribution in [0, 0.1) is 19.7 Å². The van der Waals surface area contributed by atoms with Gasteiger partial charge in [0.15, 0.2) is 0 Å². The van der Waals surface area contributed by atoms with E-state index in [9.17, 15) is 4.39 Å². The van der Waals surface area contributed by atoms with Crippen molar-refractivity contribution in [2.24, 2.45) is 5.73 Å². The maximum absolute atomic E-state index is 13.6. The van der Waals surface area contributed by atoms with Crippen LogP contribution in [-0.2, 0) is 13.2 Å². The first-order chi connectivity index (χ1) is 9.08. The van der Waals surface area contributed by atoms with E-state index in [4.69, 9.17) is 10.5 Å². The highest BCUT2D eigenvalue weighted by Crippen LogP contribution is 2.19. The Labute approximate surface area is 113 Å². The molecule has 0 atom stereocenters. The van der Waals surface area contributed by atoms with Crippen molar-refractivity contribution in [1.82, 2.24) is 0 Å². The lowest BCUT2D eigenvalue weighted by Gasteiger charge is -2.10. The van der Waals surface area contributed by atoms with Gasteiger partial charge in [0.05, 0.1) is 0 Å². The van der Waals surface area contributed by atoms with Gasteiger partial charge in [0, 0.05) is 12.1 Å². The van der Waals surface area contributed by atoms with Gasteiger partial charge in [0.1, 0.15) is 18.2 Å². The number of aryl methyl sites for hydroxylation is 2. The van der Waals surface area contributed by atoms with Crippen molar-refractivity contribution in [1.29, 1.82) is 0 Å². The number of halogens is 1. The van der Waals surface area contributed by atoms with Crippen LogP contribution in [0.15, 0.2) is 36.4 Å². The molecule has 2 aromatic rings. The van der Waals surface area contributed by atoms with E-state index in [1.165, 1.54) is 6.07 Å². The Balaban J connectivity index is 2.13. The van der Waals surface area contributed by atoms with Crippen LogP contribution in [0.4, 0.5) is 4.39 Å². The summed E-state index contributed by atoms with van der Waals surface area (Å²) in [6.07, 6.45) is 0. The number of hydrogen-bond acceptors (Lipinski definition) is 2. The highest BCUT2D eigenvalue weighted by atomic mass is 19.1. The Morgan fingerprint density at radius 1 is 1.05 bits per heavy atom. The molecule has 3 heteroatoms. The Morgan fingerprint density at radius 2 is 1.74 bits per heavy atom. The van der Waals surface area contributed by atoms with Crippen molar-refractivity contribution in [2.75, 3.05) is 0 Å². The zero-order chi connectivity index (χ0) is 13.8. The first-order valence-corrected chi connectivity index (χ1v) is 6.27. The third kappa shape index (κ3) is 3.55. The summed E-state index contributed by atoms with van der Waals surface area (Å²) in [7, 11) is 0. The summed E-state index contributed by atoms with van der Waals surface area (Å²) in [5.41, 5.74) is 9.25. The number of rotatable bonds is 4. The van der Waals surface area contributed by atoms with Gasteiger partial charge in [-0.15, -0.1) is 0 Å². The lowest BCUT2D eigenvalue weighted by molar-refractivity contribution is 0.299. The van der Waals surface area contributed by atoms with Crippen LogP contribution in [0.1, 0.15) is 22.3 Å². The van der Waals surface area contributed by atoms with Crippen molar-refractivity contribution in [2.45, 2.75) is 27.0 Å². The number of benzene rings is 2. The molecular weight excluding hydrogens is 241 g/mol. The maximum Gasteiger partial charge on any atom is 0.129 e. The molecular formula is C16H18FNO. The molecule has 0 fully saturated rings. The summed E-state index contributed by atoms with van der Waals surface area (Å²) in [4.78, 5) is 0. The highest BCUT2D eigenvalue weighted by Gasteiger charge is 2.05. The molecule has 2 N–H and O–H groups in total. The van der Waals surface area contributed by atoms with E-state index in [0.717, 1.165) is 22.4 Å². The molecule has 0 amide bonds. The third-order valence-electron chi connectivity index (χ3n) is 2.94. The molecule has 0 spiro atoms. The Bertz CT molecular complexity index is 561. The van der Waals surface area contributed by atoms with Gasteiger partial charge < -0.3 is 10.5 Å². The maximum atomic E-state index is 13.6. The predicted octanol–water partition coefficient (Wildman–Crippen LogP) is 3.48. The van der Waals surface area contributed by atoms with Crippen molar-refractivity contribution in [3.05, 3.63) is 64.5 Å². The van der Waals surface area contributed by atoms with Gasteiger partial charge in [-0.1, -0.05) is 12.1 Å². The minimum Gasteiger partial charge on any atom is -0.489 e. The van der Waals surface area contributed by atoms with Crippen LogP contribution >= 0.6 is 0 Å². The first-order valence-electron chi connectivity index (χ1n) is 6.27. The molecule has 0 saturated carbocycles. The quantitative estimate of drug-likeness (QED) is 0.912. The molecule has 0 aliphatic carbocycles. The van der Waals surface area contributed by atoms with Crippen LogP contribution < -0.4 is 10.5 Å². The molecule has 0 aromatic heterocycles. The molecule has 0 aliphatic heterocycles. The summed E-state index contributed by atoms with van der Waals surface area (Å²) >= 11 is 0. The minimum absolute atomic E-state index is 0.211. The van der Waals surface area contributed by atoms with Crippen molar-refractivity contribution >= 4 is 0 Å². The lowest BCUT2D eigenvalue weighted by atomic mass is 10.1. The van der Waals surface area contributed by atoms with Crippen molar-refractivity contribution in [3.63, 3.8) is 0 Å². The highest BCUT2D eigenvalue weighted by molar-refractivity contribution is 5.33. The summed E-state index contributed by atoms with van der Waals surface area (Å²) in [5, 5.41) is 0. The Morgan fingerprint density at radius 3 is 2.37 bits per heavy atom. The molecule has 0 aliphatic rings. The molecule has 2 nitrogen and oxygen atoms in total. The van der Waals surface area contributed by atoms with Gasteiger partial charge in [-0.05, 0) is 54.8 Å². The standard InChI is InChI=1S/C16H18FNO/c1-11-5-12(2)7-15(6-11)19-10-14-8-13(9-18)3-4-16(14)17/h3-8H,9-10,18H2,1-2H3. The fourth-order valence-corrected chi connectivity index (χ4v) is 2.04. The van der Waals surface area contributed by atoms with E-state index >= 15 is 0 Å². The predicted molar refractivity (Wildman–Crippen MR) is 74.5 cm³/mol. The van der Waals surface area contributed by atoms with E-state index in [-0.39, 0.29) is 12.4 Å².